The summed E-state index contributed by atoms with van der Waals surface area (Å²) < 4.78 is 16.3. The molecule has 0 aromatic heterocycles. The molecule has 3 aromatic rings. The first-order chi connectivity index (χ1) is 16.5. The molecule has 0 bridgehead atoms. The highest BCUT2D eigenvalue weighted by molar-refractivity contribution is 6.46. The van der Waals surface area contributed by atoms with Crippen LogP contribution in [0.5, 0.6) is 17.2 Å². The number of aryl methyl sites for hydroxylation is 1. The molecule has 0 fully saturated rings. The van der Waals surface area contributed by atoms with E-state index in [9.17, 15) is 9.59 Å². The summed E-state index contributed by atoms with van der Waals surface area (Å²) in [6.45, 7) is 4.38. The van der Waals surface area contributed by atoms with Crippen LogP contribution < -0.4 is 24.4 Å². The molecule has 3 aromatic carbocycles. The molecular formula is C27H26N2O5. The van der Waals surface area contributed by atoms with Crippen molar-refractivity contribution in [3.8, 4) is 17.2 Å². The number of hydrogen-bond donors (Lipinski definition) is 1. The van der Waals surface area contributed by atoms with Crippen LogP contribution in [0.15, 0.2) is 72.4 Å². The molecule has 0 atom stereocenters. The topological polar surface area (TPSA) is 77.1 Å². The number of ether oxygens (including phenoxy) is 3. The zero-order valence-electron chi connectivity index (χ0n) is 19.5. The van der Waals surface area contributed by atoms with Crippen molar-refractivity contribution in [2.75, 3.05) is 31.0 Å². The fraction of sp³-hybridized carbons (Fsp3) is 0.185. The summed E-state index contributed by atoms with van der Waals surface area (Å²) in [5.74, 6) is 0.642. The maximum atomic E-state index is 13.7. The van der Waals surface area contributed by atoms with Crippen molar-refractivity contribution in [2.45, 2.75) is 13.8 Å². The van der Waals surface area contributed by atoms with Gasteiger partial charge in [0.15, 0.2) is 0 Å². The van der Waals surface area contributed by atoms with Gasteiger partial charge in [0, 0.05) is 17.8 Å². The zero-order chi connectivity index (χ0) is 24.2. The second-order valence-electron chi connectivity index (χ2n) is 7.69. The Hall–Kier alpha value is -4.26. The maximum absolute atomic E-state index is 13.7. The van der Waals surface area contributed by atoms with Gasteiger partial charge in [-0.1, -0.05) is 35.9 Å². The molecule has 0 saturated heterocycles. The summed E-state index contributed by atoms with van der Waals surface area (Å²) in [5, 5.41) is 3.16. The third-order valence-corrected chi connectivity index (χ3v) is 5.47. The van der Waals surface area contributed by atoms with Crippen LogP contribution in [0.4, 0.5) is 11.4 Å². The Morgan fingerprint density at radius 1 is 0.853 bits per heavy atom. The molecule has 174 valence electrons. The Balaban J connectivity index is 1.81. The van der Waals surface area contributed by atoms with Gasteiger partial charge in [-0.3, -0.25) is 9.59 Å². The molecule has 7 nitrogen and oxygen atoms in total. The van der Waals surface area contributed by atoms with Crippen LogP contribution in [0, 0.1) is 6.92 Å². The van der Waals surface area contributed by atoms with Crippen molar-refractivity contribution in [1.82, 2.24) is 0 Å². The number of methoxy groups -OCH3 is 2. The van der Waals surface area contributed by atoms with Gasteiger partial charge in [-0.05, 0) is 43.7 Å². The molecule has 1 aliphatic rings. The predicted octanol–water partition coefficient (Wildman–Crippen LogP) is 4.81. The first-order valence-corrected chi connectivity index (χ1v) is 10.9. The van der Waals surface area contributed by atoms with Crippen molar-refractivity contribution in [3.05, 3.63) is 83.6 Å². The second kappa shape index (κ2) is 9.70. The third-order valence-electron chi connectivity index (χ3n) is 5.47. The van der Waals surface area contributed by atoms with Crippen LogP contribution in [0.1, 0.15) is 18.1 Å². The predicted molar refractivity (Wildman–Crippen MR) is 131 cm³/mol. The van der Waals surface area contributed by atoms with Gasteiger partial charge >= 0.3 is 0 Å². The Morgan fingerprint density at radius 2 is 1.62 bits per heavy atom. The van der Waals surface area contributed by atoms with Crippen LogP contribution in [0.2, 0.25) is 0 Å². The lowest BCUT2D eigenvalue weighted by Crippen LogP contribution is -2.32. The van der Waals surface area contributed by atoms with Gasteiger partial charge in [0.25, 0.3) is 11.8 Å². The van der Waals surface area contributed by atoms with Crippen LogP contribution in [0.3, 0.4) is 0 Å². The number of amides is 2. The fourth-order valence-electron chi connectivity index (χ4n) is 3.80. The van der Waals surface area contributed by atoms with Crippen molar-refractivity contribution < 1.29 is 23.8 Å². The Kier molecular flexibility index (Phi) is 6.54. The standard InChI is InChI=1S/C27H26N2O5/c1-5-34-21-8-6-7-19(15-21)28-25-24(18-11-9-17(2)10-12-18)26(30)29(27(25)31)22-14-13-20(32-3)16-23(22)33-4/h6-16,28H,5H2,1-4H3. The molecule has 2 amide bonds. The SMILES string of the molecule is CCOc1cccc(NC2=C(c3ccc(C)cc3)C(=O)N(c3ccc(OC)cc3OC)C2=O)c1. The van der Waals surface area contributed by atoms with E-state index in [1.54, 1.807) is 24.3 Å². The van der Waals surface area contributed by atoms with Gasteiger partial charge in [-0.25, -0.2) is 4.90 Å². The minimum Gasteiger partial charge on any atom is -0.497 e. The lowest BCUT2D eigenvalue weighted by molar-refractivity contribution is -0.120. The van der Waals surface area contributed by atoms with E-state index >= 15 is 0 Å². The average Bonchev–Trinajstić information content (AvgIpc) is 3.08. The summed E-state index contributed by atoms with van der Waals surface area (Å²) in [4.78, 5) is 28.5. The number of rotatable bonds is 8. The van der Waals surface area contributed by atoms with Gasteiger partial charge in [0.2, 0.25) is 0 Å². The maximum Gasteiger partial charge on any atom is 0.282 e. The van der Waals surface area contributed by atoms with Crippen molar-refractivity contribution in [1.29, 1.82) is 0 Å². The van der Waals surface area contributed by atoms with Crippen LogP contribution in [-0.2, 0) is 9.59 Å². The number of hydrogen-bond acceptors (Lipinski definition) is 6. The molecule has 34 heavy (non-hydrogen) atoms. The Morgan fingerprint density at radius 3 is 2.29 bits per heavy atom. The lowest BCUT2D eigenvalue weighted by Gasteiger charge is -2.19. The molecule has 0 radical (unpaired) electrons. The van der Waals surface area contributed by atoms with Gasteiger partial charge in [-0.15, -0.1) is 0 Å². The molecule has 7 heteroatoms. The average molecular weight is 459 g/mol. The van der Waals surface area contributed by atoms with E-state index < -0.39 is 11.8 Å². The van der Waals surface area contributed by atoms with E-state index in [0.717, 1.165) is 10.5 Å². The highest BCUT2D eigenvalue weighted by Gasteiger charge is 2.41. The number of nitrogens with one attached hydrogen (secondary N) is 1. The van der Waals surface area contributed by atoms with Crippen LogP contribution in [-0.4, -0.2) is 32.6 Å². The summed E-state index contributed by atoms with van der Waals surface area (Å²) >= 11 is 0. The van der Waals surface area contributed by atoms with E-state index in [0.29, 0.717) is 40.8 Å². The Labute approximate surface area is 198 Å². The number of nitrogens with zero attached hydrogens (tertiary/aromatic N) is 1. The van der Waals surface area contributed by atoms with Crippen molar-refractivity contribution >= 4 is 28.8 Å². The second-order valence-corrected chi connectivity index (χ2v) is 7.69. The lowest BCUT2D eigenvalue weighted by atomic mass is 10.0. The minimum absolute atomic E-state index is 0.181. The zero-order valence-corrected chi connectivity index (χ0v) is 19.5. The van der Waals surface area contributed by atoms with E-state index in [-0.39, 0.29) is 11.3 Å². The number of benzene rings is 3. The smallest absolute Gasteiger partial charge is 0.282 e. The quantitative estimate of drug-likeness (QED) is 0.489. The highest BCUT2D eigenvalue weighted by Crippen LogP contribution is 2.39. The van der Waals surface area contributed by atoms with Gasteiger partial charge < -0.3 is 19.5 Å². The van der Waals surface area contributed by atoms with Gasteiger partial charge in [0.1, 0.15) is 22.9 Å². The molecule has 1 N–H and O–H groups in total. The minimum atomic E-state index is -0.481. The van der Waals surface area contributed by atoms with Crippen molar-refractivity contribution in [2.24, 2.45) is 0 Å². The highest BCUT2D eigenvalue weighted by atomic mass is 16.5. The van der Waals surface area contributed by atoms with E-state index in [2.05, 4.69) is 5.32 Å². The summed E-state index contributed by atoms with van der Waals surface area (Å²) in [6, 6.07) is 19.7. The number of carbonyl (C=O) groups excluding carboxylic acids is 2. The van der Waals surface area contributed by atoms with E-state index in [4.69, 9.17) is 14.2 Å². The monoisotopic (exact) mass is 458 g/mol. The van der Waals surface area contributed by atoms with E-state index in [1.807, 2.05) is 56.3 Å². The molecule has 1 heterocycles. The van der Waals surface area contributed by atoms with Crippen molar-refractivity contribution in [3.63, 3.8) is 0 Å². The van der Waals surface area contributed by atoms with Gasteiger partial charge in [-0.2, -0.15) is 0 Å². The first-order valence-electron chi connectivity index (χ1n) is 10.9. The van der Waals surface area contributed by atoms with Crippen LogP contribution >= 0.6 is 0 Å². The largest absolute Gasteiger partial charge is 0.497 e. The summed E-state index contributed by atoms with van der Waals surface area (Å²) in [6.07, 6.45) is 0. The molecule has 0 unspecified atom stereocenters. The molecular weight excluding hydrogens is 432 g/mol. The normalized spacial score (nSPS) is 13.4. The van der Waals surface area contributed by atoms with Crippen LogP contribution in [0.25, 0.3) is 5.57 Å². The summed E-state index contributed by atoms with van der Waals surface area (Å²) in [5.41, 5.74) is 3.12. The number of imide groups is 1. The summed E-state index contributed by atoms with van der Waals surface area (Å²) in [7, 11) is 3.02. The molecule has 0 saturated carbocycles. The number of anilines is 2. The van der Waals surface area contributed by atoms with Gasteiger partial charge in [0.05, 0.1) is 32.1 Å². The Bertz CT molecular complexity index is 1260. The van der Waals surface area contributed by atoms with E-state index in [1.165, 1.54) is 14.2 Å². The molecule has 4 rings (SSSR count). The fourth-order valence-corrected chi connectivity index (χ4v) is 3.80. The molecule has 1 aliphatic heterocycles. The molecule has 0 spiro atoms. The number of carbonyl (C=O) groups is 2. The first kappa shape index (κ1) is 22.9. The molecule has 0 aliphatic carbocycles. The third kappa shape index (κ3) is 4.32.